The molecule has 0 spiro atoms. The zero-order chi connectivity index (χ0) is 15.1. The van der Waals surface area contributed by atoms with Gasteiger partial charge in [-0.1, -0.05) is 41.0 Å². The quantitative estimate of drug-likeness (QED) is 0.717. The Morgan fingerprint density at radius 1 is 1.10 bits per heavy atom. The molecule has 2 nitrogen and oxygen atoms in total. The molecule has 0 aromatic heterocycles. The lowest BCUT2D eigenvalue weighted by atomic mass is 9.78. The van der Waals surface area contributed by atoms with Crippen LogP contribution >= 0.6 is 0 Å². The van der Waals surface area contributed by atoms with Crippen molar-refractivity contribution in [1.29, 1.82) is 0 Å². The van der Waals surface area contributed by atoms with Crippen LogP contribution in [0.15, 0.2) is 0 Å². The lowest BCUT2D eigenvalue weighted by molar-refractivity contribution is 0.0142. The monoisotopic (exact) mass is 283 g/mol. The molecule has 20 heavy (non-hydrogen) atoms. The number of nitrogens with zero attached hydrogens (tertiary/aromatic N) is 1. The first-order valence-electron chi connectivity index (χ1n) is 8.93. The molecular formula is C18H37NO. The van der Waals surface area contributed by atoms with Crippen molar-refractivity contribution in [2.24, 2.45) is 17.8 Å². The summed E-state index contributed by atoms with van der Waals surface area (Å²) in [6.45, 7) is 13.8. The van der Waals surface area contributed by atoms with E-state index in [9.17, 15) is 5.11 Å². The van der Waals surface area contributed by atoms with E-state index in [-0.39, 0.29) is 6.10 Å². The molecule has 1 rings (SSSR count). The van der Waals surface area contributed by atoms with E-state index < -0.39 is 0 Å². The zero-order valence-corrected chi connectivity index (χ0v) is 14.4. The third kappa shape index (κ3) is 5.37. The summed E-state index contributed by atoms with van der Waals surface area (Å²) in [4.78, 5) is 2.66. The number of rotatable bonds is 8. The Labute approximate surface area is 126 Å². The van der Waals surface area contributed by atoms with E-state index >= 15 is 0 Å². The van der Waals surface area contributed by atoms with Crippen molar-refractivity contribution < 1.29 is 5.11 Å². The minimum Gasteiger partial charge on any atom is -0.393 e. The van der Waals surface area contributed by atoms with Crippen LogP contribution in [0.5, 0.6) is 0 Å². The molecule has 0 heterocycles. The summed E-state index contributed by atoms with van der Waals surface area (Å²) < 4.78 is 0. The average molecular weight is 284 g/mol. The van der Waals surface area contributed by atoms with Gasteiger partial charge in [0, 0.05) is 19.1 Å². The fourth-order valence-corrected chi connectivity index (χ4v) is 3.86. The summed E-state index contributed by atoms with van der Waals surface area (Å²) in [7, 11) is 0. The van der Waals surface area contributed by atoms with Crippen molar-refractivity contribution in [1.82, 2.24) is 4.90 Å². The van der Waals surface area contributed by atoms with E-state index in [2.05, 4.69) is 39.5 Å². The van der Waals surface area contributed by atoms with Crippen molar-refractivity contribution in [3.63, 3.8) is 0 Å². The van der Waals surface area contributed by atoms with Gasteiger partial charge in [0.2, 0.25) is 0 Å². The third-order valence-electron chi connectivity index (χ3n) is 5.16. The highest BCUT2D eigenvalue weighted by Crippen LogP contribution is 2.32. The predicted octanol–water partition coefficient (Wildman–Crippen LogP) is 4.32. The molecule has 1 aliphatic carbocycles. The number of aliphatic hydroxyl groups is 1. The van der Waals surface area contributed by atoms with Crippen molar-refractivity contribution >= 4 is 0 Å². The highest BCUT2D eigenvalue weighted by atomic mass is 16.3. The van der Waals surface area contributed by atoms with Crippen LogP contribution in [0.3, 0.4) is 0 Å². The van der Waals surface area contributed by atoms with Crippen molar-refractivity contribution in [2.45, 2.75) is 85.3 Å². The minimum atomic E-state index is -0.0678. The Morgan fingerprint density at radius 2 is 1.75 bits per heavy atom. The highest BCUT2D eigenvalue weighted by molar-refractivity contribution is 4.83. The number of aliphatic hydroxyl groups excluding tert-OH is 1. The maximum absolute atomic E-state index is 10.4. The normalized spacial score (nSPS) is 27.8. The van der Waals surface area contributed by atoms with Gasteiger partial charge in [-0.25, -0.2) is 0 Å². The maximum Gasteiger partial charge on any atom is 0.0580 e. The maximum atomic E-state index is 10.4. The van der Waals surface area contributed by atoms with Crippen LogP contribution in [0.25, 0.3) is 0 Å². The van der Waals surface area contributed by atoms with E-state index in [0.29, 0.717) is 17.9 Å². The Balaban J connectivity index is 2.66. The summed E-state index contributed by atoms with van der Waals surface area (Å²) >= 11 is 0. The summed E-state index contributed by atoms with van der Waals surface area (Å²) in [5.41, 5.74) is 0. The third-order valence-corrected chi connectivity index (χ3v) is 5.16. The topological polar surface area (TPSA) is 23.5 Å². The lowest BCUT2D eigenvalue weighted by Crippen LogP contribution is -2.44. The Bertz CT molecular complexity index is 250. The Kier molecular flexibility index (Phi) is 8.13. The second-order valence-corrected chi connectivity index (χ2v) is 7.23. The summed E-state index contributed by atoms with van der Waals surface area (Å²) in [5, 5.41) is 10.4. The Morgan fingerprint density at radius 3 is 2.25 bits per heavy atom. The number of hydrogen-bond acceptors (Lipinski definition) is 2. The van der Waals surface area contributed by atoms with Gasteiger partial charge in [-0.15, -0.1) is 0 Å². The molecule has 0 amide bonds. The molecule has 0 bridgehead atoms. The highest BCUT2D eigenvalue weighted by Gasteiger charge is 2.31. The van der Waals surface area contributed by atoms with Gasteiger partial charge in [0.15, 0.2) is 0 Å². The molecule has 120 valence electrons. The van der Waals surface area contributed by atoms with Gasteiger partial charge < -0.3 is 5.11 Å². The molecule has 0 saturated heterocycles. The molecule has 2 heteroatoms. The minimum absolute atomic E-state index is 0.0678. The smallest absolute Gasteiger partial charge is 0.0580 e. The van der Waals surface area contributed by atoms with E-state index in [1.807, 2.05) is 0 Å². The second kappa shape index (κ2) is 9.04. The Hall–Kier alpha value is -0.0800. The van der Waals surface area contributed by atoms with E-state index in [0.717, 1.165) is 18.9 Å². The molecular weight excluding hydrogens is 246 g/mol. The fraction of sp³-hybridized carbons (Fsp3) is 1.00. The van der Waals surface area contributed by atoms with Crippen LogP contribution in [0, 0.1) is 17.8 Å². The largest absolute Gasteiger partial charge is 0.393 e. The molecule has 0 aromatic carbocycles. The molecule has 1 saturated carbocycles. The van der Waals surface area contributed by atoms with Gasteiger partial charge in [-0.2, -0.15) is 0 Å². The van der Waals surface area contributed by atoms with Crippen LogP contribution < -0.4 is 0 Å². The molecule has 1 aliphatic rings. The van der Waals surface area contributed by atoms with Gasteiger partial charge in [0.05, 0.1) is 6.10 Å². The number of hydrogen-bond donors (Lipinski definition) is 1. The van der Waals surface area contributed by atoms with Crippen molar-refractivity contribution in [3.05, 3.63) is 0 Å². The van der Waals surface area contributed by atoms with Crippen molar-refractivity contribution in [2.75, 3.05) is 13.1 Å². The lowest BCUT2D eigenvalue weighted by Gasteiger charge is -2.39. The fourth-order valence-electron chi connectivity index (χ4n) is 3.86. The first kappa shape index (κ1) is 18.0. The summed E-state index contributed by atoms with van der Waals surface area (Å²) in [6.07, 6.45) is 7.13. The second-order valence-electron chi connectivity index (χ2n) is 7.23. The average Bonchev–Trinajstić information content (AvgIpc) is 2.41. The van der Waals surface area contributed by atoms with Crippen LogP contribution in [0.4, 0.5) is 0 Å². The zero-order valence-electron chi connectivity index (χ0n) is 14.4. The van der Waals surface area contributed by atoms with Crippen molar-refractivity contribution in [3.8, 4) is 0 Å². The first-order valence-corrected chi connectivity index (χ1v) is 8.93. The van der Waals surface area contributed by atoms with Gasteiger partial charge >= 0.3 is 0 Å². The van der Waals surface area contributed by atoms with Gasteiger partial charge in [-0.05, 0) is 49.9 Å². The molecule has 0 aromatic rings. The summed E-state index contributed by atoms with van der Waals surface area (Å²) in [6, 6.07) is 0.687. The van der Waals surface area contributed by atoms with E-state index in [1.54, 1.807) is 0 Å². The molecule has 1 fully saturated rings. The van der Waals surface area contributed by atoms with Crippen LogP contribution in [-0.2, 0) is 0 Å². The predicted molar refractivity (Wildman–Crippen MR) is 87.9 cm³/mol. The standard InChI is InChI=1S/C18H37NO/c1-6-15-9-10-18(20)16(11-15)13-19(12-14(4)5)17(7-2)8-3/h14-18,20H,6-13H2,1-5H3. The SMILES string of the molecule is CCC1CCC(O)C(CN(CC(C)C)C(CC)CC)C1. The van der Waals surface area contributed by atoms with Gasteiger partial charge in [0.25, 0.3) is 0 Å². The van der Waals surface area contributed by atoms with Crippen LogP contribution in [0.1, 0.15) is 73.1 Å². The van der Waals surface area contributed by atoms with E-state index in [4.69, 9.17) is 0 Å². The molecule has 3 atom stereocenters. The molecule has 1 N–H and O–H groups in total. The van der Waals surface area contributed by atoms with Gasteiger partial charge in [-0.3, -0.25) is 4.90 Å². The molecule has 0 aliphatic heterocycles. The summed E-state index contributed by atoms with van der Waals surface area (Å²) in [5.74, 6) is 2.04. The van der Waals surface area contributed by atoms with Crippen LogP contribution in [-0.4, -0.2) is 35.2 Å². The van der Waals surface area contributed by atoms with E-state index in [1.165, 1.54) is 38.6 Å². The van der Waals surface area contributed by atoms with Gasteiger partial charge in [0.1, 0.15) is 0 Å². The molecule has 0 radical (unpaired) electrons. The first-order chi connectivity index (χ1) is 9.51. The molecule has 3 unspecified atom stereocenters. The van der Waals surface area contributed by atoms with Crippen LogP contribution in [0.2, 0.25) is 0 Å².